The zero-order chi connectivity index (χ0) is 13.1. The lowest BCUT2D eigenvalue weighted by atomic mass is 10.1. The van der Waals surface area contributed by atoms with Gasteiger partial charge in [0.25, 0.3) is 0 Å². The van der Waals surface area contributed by atoms with Gasteiger partial charge in [-0.15, -0.1) is 0 Å². The van der Waals surface area contributed by atoms with Gasteiger partial charge in [0.1, 0.15) is 0 Å². The molecule has 17 heavy (non-hydrogen) atoms. The number of nitrogens with zero attached hydrogens (tertiary/aromatic N) is 1. The van der Waals surface area contributed by atoms with E-state index in [4.69, 9.17) is 4.74 Å². The lowest BCUT2D eigenvalue weighted by Crippen LogP contribution is -2.41. The third-order valence-corrected chi connectivity index (χ3v) is 2.95. The first-order valence-corrected chi connectivity index (χ1v) is 7.14. The van der Waals surface area contributed by atoms with Crippen LogP contribution in [-0.4, -0.2) is 50.3 Å². The van der Waals surface area contributed by atoms with Gasteiger partial charge < -0.3 is 10.1 Å². The normalized spacial score (nSPS) is 13.6. The quantitative estimate of drug-likeness (QED) is 0.565. The predicted octanol–water partition coefficient (Wildman–Crippen LogP) is 2.51. The van der Waals surface area contributed by atoms with Crippen LogP contribution in [0.25, 0.3) is 0 Å². The van der Waals surface area contributed by atoms with Crippen molar-refractivity contribution < 1.29 is 4.74 Å². The van der Waals surface area contributed by atoms with Gasteiger partial charge in [-0.2, -0.15) is 0 Å². The largest absolute Gasteiger partial charge is 0.377 e. The van der Waals surface area contributed by atoms with Gasteiger partial charge in [-0.1, -0.05) is 20.3 Å². The highest BCUT2D eigenvalue weighted by atomic mass is 16.5. The second-order valence-corrected chi connectivity index (χ2v) is 5.05. The summed E-state index contributed by atoms with van der Waals surface area (Å²) in [6.07, 6.45) is 4.05. The van der Waals surface area contributed by atoms with Crippen molar-refractivity contribution >= 4 is 0 Å². The second kappa shape index (κ2) is 11.0. The van der Waals surface area contributed by atoms with Crippen LogP contribution in [0.5, 0.6) is 0 Å². The molecule has 0 bridgehead atoms. The van der Waals surface area contributed by atoms with Gasteiger partial charge in [-0.25, -0.2) is 0 Å². The van der Waals surface area contributed by atoms with Crippen LogP contribution < -0.4 is 5.32 Å². The van der Waals surface area contributed by atoms with E-state index < -0.39 is 0 Å². The Labute approximate surface area is 108 Å². The monoisotopic (exact) mass is 244 g/mol. The number of rotatable bonds is 11. The molecule has 0 saturated heterocycles. The van der Waals surface area contributed by atoms with Crippen LogP contribution in [0.2, 0.25) is 0 Å². The minimum absolute atomic E-state index is 0.339. The maximum Gasteiger partial charge on any atom is 0.0596 e. The van der Waals surface area contributed by atoms with Crippen molar-refractivity contribution in [2.24, 2.45) is 0 Å². The smallest absolute Gasteiger partial charge is 0.0596 e. The molecule has 0 aromatic carbocycles. The van der Waals surface area contributed by atoms with E-state index in [1.165, 1.54) is 19.3 Å². The number of hydrogen-bond acceptors (Lipinski definition) is 3. The summed E-state index contributed by atoms with van der Waals surface area (Å²) < 4.78 is 5.60. The highest BCUT2D eigenvalue weighted by Gasteiger charge is 2.13. The lowest BCUT2D eigenvalue weighted by molar-refractivity contribution is 0.0548. The van der Waals surface area contributed by atoms with Gasteiger partial charge in [-0.3, -0.25) is 4.90 Å². The van der Waals surface area contributed by atoms with E-state index in [1.54, 1.807) is 0 Å². The fourth-order valence-corrected chi connectivity index (χ4v) is 1.87. The van der Waals surface area contributed by atoms with E-state index in [0.717, 1.165) is 26.2 Å². The molecule has 0 radical (unpaired) electrons. The summed E-state index contributed by atoms with van der Waals surface area (Å²) in [6.45, 7) is 12.7. The Morgan fingerprint density at radius 3 is 2.41 bits per heavy atom. The van der Waals surface area contributed by atoms with Gasteiger partial charge in [0, 0.05) is 19.1 Å². The maximum absolute atomic E-state index is 5.60. The van der Waals surface area contributed by atoms with Gasteiger partial charge in [-0.05, 0) is 40.3 Å². The van der Waals surface area contributed by atoms with Crippen LogP contribution in [0.15, 0.2) is 0 Å². The summed E-state index contributed by atoms with van der Waals surface area (Å²) in [5.74, 6) is 0. The molecule has 0 aliphatic rings. The molecule has 0 rings (SSSR count). The van der Waals surface area contributed by atoms with Crippen LogP contribution in [0.4, 0.5) is 0 Å². The van der Waals surface area contributed by atoms with E-state index in [9.17, 15) is 0 Å². The van der Waals surface area contributed by atoms with Gasteiger partial charge in [0.2, 0.25) is 0 Å². The zero-order valence-corrected chi connectivity index (χ0v) is 12.5. The Balaban J connectivity index is 3.83. The summed E-state index contributed by atoms with van der Waals surface area (Å²) in [4.78, 5) is 2.43. The average molecular weight is 244 g/mol. The first-order chi connectivity index (χ1) is 8.11. The lowest BCUT2D eigenvalue weighted by Gasteiger charge is -2.28. The van der Waals surface area contributed by atoms with E-state index in [1.807, 2.05) is 0 Å². The van der Waals surface area contributed by atoms with Gasteiger partial charge >= 0.3 is 0 Å². The number of nitrogens with one attached hydrogen (secondary N) is 1. The molecule has 104 valence electrons. The van der Waals surface area contributed by atoms with Gasteiger partial charge in [0.15, 0.2) is 0 Å². The average Bonchev–Trinajstić information content (AvgIpc) is 2.27. The number of likely N-dealkylation sites (N-methyl/N-ethyl adjacent to an activating group) is 1. The van der Waals surface area contributed by atoms with Crippen LogP contribution in [-0.2, 0) is 4.74 Å². The molecule has 1 atom stereocenters. The van der Waals surface area contributed by atoms with Crippen molar-refractivity contribution in [3.63, 3.8) is 0 Å². The van der Waals surface area contributed by atoms with Crippen molar-refractivity contribution in [2.75, 3.05) is 33.3 Å². The topological polar surface area (TPSA) is 24.5 Å². The third-order valence-electron chi connectivity index (χ3n) is 2.95. The molecule has 0 aromatic heterocycles. The van der Waals surface area contributed by atoms with E-state index in [-0.39, 0.29) is 0 Å². The van der Waals surface area contributed by atoms with Crippen LogP contribution in [0, 0.1) is 0 Å². The Morgan fingerprint density at radius 2 is 1.88 bits per heavy atom. The molecule has 0 aliphatic carbocycles. The molecular weight excluding hydrogens is 212 g/mol. The van der Waals surface area contributed by atoms with Crippen LogP contribution >= 0.6 is 0 Å². The molecule has 0 spiro atoms. The molecule has 0 amide bonds. The molecule has 0 fully saturated rings. The van der Waals surface area contributed by atoms with Crippen molar-refractivity contribution in [2.45, 2.75) is 59.1 Å². The first-order valence-electron chi connectivity index (χ1n) is 7.14. The Morgan fingerprint density at radius 1 is 1.18 bits per heavy atom. The Hall–Kier alpha value is -0.120. The molecule has 3 nitrogen and oxygen atoms in total. The minimum Gasteiger partial charge on any atom is -0.377 e. The SMILES string of the molecule is CCCNCC(CCC)N(C)CCOC(C)C. The van der Waals surface area contributed by atoms with E-state index >= 15 is 0 Å². The van der Waals surface area contributed by atoms with Crippen LogP contribution in [0.1, 0.15) is 47.0 Å². The molecule has 1 N–H and O–H groups in total. The fraction of sp³-hybridized carbons (Fsp3) is 1.00. The molecule has 0 aromatic rings. The number of ether oxygens (including phenoxy) is 1. The minimum atomic E-state index is 0.339. The Kier molecular flexibility index (Phi) is 10.9. The van der Waals surface area contributed by atoms with Crippen molar-refractivity contribution in [3.05, 3.63) is 0 Å². The zero-order valence-electron chi connectivity index (χ0n) is 12.5. The second-order valence-electron chi connectivity index (χ2n) is 5.05. The standard InChI is InChI=1S/C14H32N2O/c1-6-8-14(12-15-9-7-2)16(5)10-11-17-13(3)4/h13-15H,6-12H2,1-5H3. The van der Waals surface area contributed by atoms with Crippen molar-refractivity contribution in [3.8, 4) is 0 Å². The molecule has 0 heterocycles. The molecule has 0 saturated carbocycles. The third kappa shape index (κ3) is 9.57. The van der Waals surface area contributed by atoms with Crippen LogP contribution in [0.3, 0.4) is 0 Å². The summed E-state index contributed by atoms with van der Waals surface area (Å²) in [5, 5.41) is 3.52. The maximum atomic E-state index is 5.60. The van der Waals surface area contributed by atoms with E-state index in [0.29, 0.717) is 12.1 Å². The Bertz CT molecular complexity index is 162. The highest BCUT2D eigenvalue weighted by molar-refractivity contribution is 4.71. The molecule has 3 heteroatoms. The van der Waals surface area contributed by atoms with Crippen molar-refractivity contribution in [1.82, 2.24) is 10.2 Å². The molecule has 0 aliphatic heterocycles. The molecular formula is C14H32N2O. The number of hydrogen-bond donors (Lipinski definition) is 1. The van der Waals surface area contributed by atoms with E-state index in [2.05, 4.69) is 45.0 Å². The highest BCUT2D eigenvalue weighted by Crippen LogP contribution is 2.04. The fourth-order valence-electron chi connectivity index (χ4n) is 1.87. The summed E-state index contributed by atoms with van der Waals surface area (Å²) in [7, 11) is 2.21. The van der Waals surface area contributed by atoms with Crippen molar-refractivity contribution in [1.29, 1.82) is 0 Å². The first kappa shape index (κ1) is 16.9. The van der Waals surface area contributed by atoms with Gasteiger partial charge in [0.05, 0.1) is 12.7 Å². The summed E-state index contributed by atoms with van der Waals surface area (Å²) >= 11 is 0. The predicted molar refractivity (Wildman–Crippen MR) is 75.6 cm³/mol. The summed E-state index contributed by atoms with van der Waals surface area (Å²) in [5.41, 5.74) is 0. The summed E-state index contributed by atoms with van der Waals surface area (Å²) in [6, 6.07) is 0.641. The molecule has 1 unspecified atom stereocenters.